The van der Waals surface area contributed by atoms with Crippen molar-refractivity contribution >= 4 is 11.6 Å². The van der Waals surface area contributed by atoms with Crippen molar-refractivity contribution in [3.8, 4) is 0 Å². The molecule has 3 nitrogen and oxygen atoms in total. The van der Waals surface area contributed by atoms with Crippen LogP contribution in [0.4, 0.5) is 0 Å². The average Bonchev–Trinajstić information content (AvgIpc) is 2.64. The normalized spacial score (nSPS) is 15.4. The van der Waals surface area contributed by atoms with E-state index >= 15 is 0 Å². The van der Waals surface area contributed by atoms with Crippen LogP contribution < -0.4 is 5.32 Å². The molecule has 1 aliphatic carbocycles. The summed E-state index contributed by atoms with van der Waals surface area (Å²) in [7, 11) is 0. The van der Waals surface area contributed by atoms with Crippen LogP contribution in [0.2, 0.25) is 0 Å². The maximum Gasteiger partial charge on any atom is 0.185 e. The molecule has 0 heterocycles. The third-order valence-corrected chi connectivity index (χ3v) is 5.57. The van der Waals surface area contributed by atoms with Gasteiger partial charge in [-0.25, -0.2) is 0 Å². The van der Waals surface area contributed by atoms with Crippen LogP contribution in [0.1, 0.15) is 98.3 Å². The predicted octanol–water partition coefficient (Wildman–Crippen LogP) is 5.69. The van der Waals surface area contributed by atoms with E-state index in [1.807, 2.05) is 0 Å². The molecule has 148 valence electrons. The fourth-order valence-corrected chi connectivity index (χ4v) is 3.53. The summed E-state index contributed by atoms with van der Waals surface area (Å²) in [6.07, 6.45) is 14.1. The molecule has 0 amide bonds. The summed E-state index contributed by atoms with van der Waals surface area (Å²) >= 11 is 0. The lowest BCUT2D eigenvalue weighted by atomic mass is 9.84. The number of carbonyl (C=O) groups is 2. The first-order valence-electron chi connectivity index (χ1n) is 10.7. The van der Waals surface area contributed by atoms with Crippen LogP contribution in [-0.2, 0) is 9.59 Å². The van der Waals surface area contributed by atoms with Gasteiger partial charge in [-0.15, -0.1) is 0 Å². The van der Waals surface area contributed by atoms with E-state index in [0.29, 0.717) is 28.7 Å². The molecule has 0 aromatic heterocycles. The molecule has 1 rings (SSSR count). The van der Waals surface area contributed by atoms with Crippen molar-refractivity contribution in [2.45, 2.75) is 98.3 Å². The van der Waals surface area contributed by atoms with Crippen LogP contribution in [0.5, 0.6) is 0 Å². The van der Waals surface area contributed by atoms with Gasteiger partial charge in [-0.3, -0.25) is 9.59 Å². The van der Waals surface area contributed by atoms with Crippen molar-refractivity contribution < 1.29 is 9.59 Å². The first-order valence-corrected chi connectivity index (χ1v) is 10.7. The maximum absolute atomic E-state index is 12.3. The minimum absolute atomic E-state index is 0.0341. The van der Waals surface area contributed by atoms with E-state index in [4.69, 9.17) is 0 Å². The van der Waals surface area contributed by atoms with Gasteiger partial charge in [0, 0.05) is 22.3 Å². The van der Waals surface area contributed by atoms with E-state index in [2.05, 4.69) is 12.2 Å². The molecular weight excluding hydrogens is 322 g/mol. The van der Waals surface area contributed by atoms with E-state index in [0.717, 1.165) is 13.1 Å². The van der Waals surface area contributed by atoms with Crippen molar-refractivity contribution in [2.24, 2.45) is 0 Å². The predicted molar refractivity (Wildman–Crippen MR) is 110 cm³/mol. The van der Waals surface area contributed by atoms with Gasteiger partial charge in [-0.05, 0) is 46.7 Å². The Labute approximate surface area is 160 Å². The van der Waals surface area contributed by atoms with Crippen LogP contribution in [0.15, 0.2) is 22.3 Å². The molecule has 0 saturated carbocycles. The SMILES string of the molecule is CCCCCCCCCCCCNCCC1=C(C)C(=O)C(C)=C(C)C1=O. The number of hydrogen-bond acceptors (Lipinski definition) is 3. The average molecular weight is 362 g/mol. The van der Waals surface area contributed by atoms with Gasteiger partial charge in [0.2, 0.25) is 0 Å². The molecule has 0 spiro atoms. The molecule has 1 aliphatic rings. The second-order valence-corrected chi connectivity index (χ2v) is 7.69. The summed E-state index contributed by atoms with van der Waals surface area (Å²) in [6.45, 7) is 9.33. The summed E-state index contributed by atoms with van der Waals surface area (Å²) < 4.78 is 0. The largest absolute Gasteiger partial charge is 0.316 e. The number of Topliss-reactive ketones (excluding diaryl/α,β-unsaturated/α-hetero) is 2. The lowest BCUT2D eigenvalue weighted by Crippen LogP contribution is -2.24. The highest BCUT2D eigenvalue weighted by atomic mass is 16.1. The molecule has 0 atom stereocenters. The van der Waals surface area contributed by atoms with E-state index in [1.54, 1.807) is 20.8 Å². The van der Waals surface area contributed by atoms with Gasteiger partial charge in [0.1, 0.15) is 0 Å². The van der Waals surface area contributed by atoms with Crippen LogP contribution >= 0.6 is 0 Å². The Morgan fingerprint density at radius 3 is 1.69 bits per heavy atom. The number of ketones is 2. The fraction of sp³-hybridized carbons (Fsp3) is 0.739. The number of nitrogens with one attached hydrogen (secondary N) is 1. The monoisotopic (exact) mass is 361 g/mol. The molecule has 0 aliphatic heterocycles. The van der Waals surface area contributed by atoms with E-state index in [-0.39, 0.29) is 11.6 Å². The van der Waals surface area contributed by atoms with Gasteiger partial charge in [-0.1, -0.05) is 64.7 Å². The molecule has 0 aromatic rings. The highest BCUT2D eigenvalue weighted by Crippen LogP contribution is 2.25. The van der Waals surface area contributed by atoms with E-state index in [1.165, 1.54) is 64.2 Å². The second-order valence-electron chi connectivity index (χ2n) is 7.69. The molecule has 0 aromatic carbocycles. The Hall–Kier alpha value is -1.22. The van der Waals surface area contributed by atoms with Gasteiger partial charge < -0.3 is 5.32 Å². The Kier molecular flexibility index (Phi) is 11.4. The van der Waals surface area contributed by atoms with Gasteiger partial charge in [0.25, 0.3) is 0 Å². The van der Waals surface area contributed by atoms with Gasteiger partial charge in [-0.2, -0.15) is 0 Å². The molecule has 1 N–H and O–H groups in total. The minimum atomic E-state index is 0.0341. The zero-order valence-corrected chi connectivity index (χ0v) is 17.5. The number of rotatable bonds is 14. The number of unbranched alkanes of at least 4 members (excludes halogenated alkanes) is 9. The number of allylic oxidation sites excluding steroid dienone is 3. The van der Waals surface area contributed by atoms with Gasteiger partial charge in [0.05, 0.1) is 0 Å². The van der Waals surface area contributed by atoms with Crippen LogP contribution in [0, 0.1) is 0 Å². The van der Waals surface area contributed by atoms with Crippen LogP contribution in [0.3, 0.4) is 0 Å². The zero-order chi connectivity index (χ0) is 19.4. The van der Waals surface area contributed by atoms with Gasteiger partial charge in [0.15, 0.2) is 11.6 Å². The Morgan fingerprint density at radius 2 is 1.12 bits per heavy atom. The Morgan fingerprint density at radius 1 is 0.615 bits per heavy atom. The lowest BCUT2D eigenvalue weighted by molar-refractivity contribution is -0.116. The molecular formula is C23H39NO2. The Bertz CT molecular complexity index is 528. The molecule has 0 fully saturated rings. The van der Waals surface area contributed by atoms with Crippen molar-refractivity contribution in [3.63, 3.8) is 0 Å². The summed E-state index contributed by atoms with van der Waals surface area (Å²) in [5.41, 5.74) is 2.56. The first kappa shape index (κ1) is 22.8. The number of carbonyl (C=O) groups excluding carboxylic acids is 2. The number of hydrogen-bond donors (Lipinski definition) is 1. The quantitative estimate of drug-likeness (QED) is 0.319. The molecule has 0 saturated heterocycles. The first-order chi connectivity index (χ1) is 12.5. The molecule has 0 bridgehead atoms. The summed E-state index contributed by atoms with van der Waals surface area (Å²) in [5, 5.41) is 3.43. The van der Waals surface area contributed by atoms with Crippen molar-refractivity contribution in [1.82, 2.24) is 5.32 Å². The third kappa shape index (κ3) is 7.57. The van der Waals surface area contributed by atoms with Crippen LogP contribution in [0.25, 0.3) is 0 Å². The second kappa shape index (κ2) is 13.0. The molecule has 0 unspecified atom stereocenters. The van der Waals surface area contributed by atoms with Crippen molar-refractivity contribution in [3.05, 3.63) is 22.3 Å². The van der Waals surface area contributed by atoms with Gasteiger partial charge >= 0.3 is 0 Å². The Balaban J connectivity index is 2.06. The molecule has 3 heteroatoms. The lowest BCUT2D eigenvalue weighted by Gasteiger charge is -2.18. The standard InChI is InChI=1S/C23H39NO2/c1-5-6-7-8-9-10-11-12-13-14-16-24-17-15-21-20(4)22(25)18(2)19(3)23(21)26/h24H,5-17H2,1-4H3. The van der Waals surface area contributed by atoms with E-state index < -0.39 is 0 Å². The molecule has 0 radical (unpaired) electrons. The highest BCUT2D eigenvalue weighted by Gasteiger charge is 2.27. The fourth-order valence-electron chi connectivity index (χ4n) is 3.53. The zero-order valence-electron chi connectivity index (χ0n) is 17.5. The highest BCUT2D eigenvalue weighted by molar-refractivity contribution is 6.24. The maximum atomic E-state index is 12.3. The third-order valence-electron chi connectivity index (χ3n) is 5.57. The van der Waals surface area contributed by atoms with Crippen LogP contribution in [-0.4, -0.2) is 24.7 Å². The smallest absolute Gasteiger partial charge is 0.185 e. The summed E-state index contributed by atoms with van der Waals surface area (Å²) in [6, 6.07) is 0. The van der Waals surface area contributed by atoms with Crippen molar-refractivity contribution in [2.75, 3.05) is 13.1 Å². The molecule has 26 heavy (non-hydrogen) atoms. The summed E-state index contributed by atoms with van der Waals surface area (Å²) in [4.78, 5) is 24.5. The van der Waals surface area contributed by atoms with Crippen molar-refractivity contribution in [1.29, 1.82) is 0 Å². The topological polar surface area (TPSA) is 46.2 Å². The summed E-state index contributed by atoms with van der Waals surface area (Å²) in [5.74, 6) is 0.0899. The van der Waals surface area contributed by atoms with E-state index in [9.17, 15) is 9.59 Å². The minimum Gasteiger partial charge on any atom is -0.316 e.